The molecular formula is C21H20FN5O2. The zero-order valence-electron chi connectivity index (χ0n) is 16.0. The van der Waals surface area contributed by atoms with Gasteiger partial charge in [-0.05, 0) is 31.2 Å². The second-order valence-electron chi connectivity index (χ2n) is 6.85. The van der Waals surface area contributed by atoms with Gasteiger partial charge in [0.25, 0.3) is 5.91 Å². The molecule has 0 N–H and O–H groups in total. The van der Waals surface area contributed by atoms with Crippen LogP contribution in [0.25, 0.3) is 5.69 Å². The average molecular weight is 393 g/mol. The van der Waals surface area contributed by atoms with Gasteiger partial charge in [0, 0.05) is 56.0 Å². The summed E-state index contributed by atoms with van der Waals surface area (Å²) in [5.74, 6) is -0.911. The molecule has 0 atom stereocenters. The number of pyridine rings is 1. The van der Waals surface area contributed by atoms with Gasteiger partial charge in [0.05, 0.1) is 0 Å². The van der Waals surface area contributed by atoms with E-state index >= 15 is 0 Å². The van der Waals surface area contributed by atoms with Gasteiger partial charge < -0.3 is 9.80 Å². The summed E-state index contributed by atoms with van der Waals surface area (Å²) in [4.78, 5) is 33.2. The molecule has 29 heavy (non-hydrogen) atoms. The topological polar surface area (TPSA) is 71.3 Å². The van der Waals surface area contributed by atoms with E-state index in [4.69, 9.17) is 0 Å². The Morgan fingerprint density at radius 2 is 1.72 bits per heavy atom. The van der Waals surface area contributed by atoms with Crippen molar-refractivity contribution in [3.8, 4) is 5.69 Å². The van der Waals surface area contributed by atoms with E-state index in [1.54, 1.807) is 42.4 Å². The zero-order chi connectivity index (χ0) is 20.4. The lowest BCUT2D eigenvalue weighted by Gasteiger charge is -2.35. The van der Waals surface area contributed by atoms with Crippen molar-refractivity contribution in [1.29, 1.82) is 0 Å². The number of hydrogen-bond donors (Lipinski definition) is 0. The van der Waals surface area contributed by atoms with E-state index in [1.165, 1.54) is 16.8 Å². The largest absolute Gasteiger partial charge is 0.368 e. The van der Waals surface area contributed by atoms with Crippen LogP contribution < -0.4 is 10.3 Å². The lowest BCUT2D eigenvalue weighted by molar-refractivity contribution is 0.0737. The van der Waals surface area contributed by atoms with Crippen LogP contribution in [0.4, 0.5) is 10.1 Å². The number of carbonyl (C=O) groups excluding carboxylic acids is 1. The number of rotatable bonds is 3. The number of aryl methyl sites for hydroxylation is 1. The first-order valence-corrected chi connectivity index (χ1v) is 9.35. The molecule has 2 aromatic heterocycles. The number of nitrogens with zero attached hydrogens (tertiary/aromatic N) is 5. The second kappa shape index (κ2) is 7.83. The fourth-order valence-electron chi connectivity index (χ4n) is 3.44. The Morgan fingerprint density at radius 3 is 2.41 bits per heavy atom. The number of piperazine rings is 1. The summed E-state index contributed by atoms with van der Waals surface area (Å²) < 4.78 is 15.5. The predicted molar refractivity (Wildman–Crippen MR) is 107 cm³/mol. The molecular weight excluding hydrogens is 373 g/mol. The highest BCUT2D eigenvalue weighted by molar-refractivity contribution is 5.92. The molecule has 8 heteroatoms. The molecule has 1 aliphatic heterocycles. The molecule has 1 fully saturated rings. The maximum Gasteiger partial charge on any atom is 0.278 e. The minimum absolute atomic E-state index is 0.196. The second-order valence-corrected chi connectivity index (χ2v) is 6.85. The van der Waals surface area contributed by atoms with Crippen LogP contribution in [0.1, 0.15) is 16.2 Å². The van der Waals surface area contributed by atoms with Gasteiger partial charge in [0.1, 0.15) is 11.5 Å². The van der Waals surface area contributed by atoms with Gasteiger partial charge in [-0.3, -0.25) is 14.6 Å². The highest BCUT2D eigenvalue weighted by atomic mass is 19.1. The van der Waals surface area contributed by atoms with E-state index in [1.807, 2.05) is 12.1 Å². The molecule has 0 radical (unpaired) electrons. The molecule has 148 valence electrons. The Hall–Kier alpha value is -3.55. The van der Waals surface area contributed by atoms with Crippen molar-refractivity contribution in [2.24, 2.45) is 0 Å². The van der Waals surface area contributed by atoms with Crippen LogP contribution in [-0.2, 0) is 0 Å². The van der Waals surface area contributed by atoms with Crippen molar-refractivity contribution >= 4 is 11.6 Å². The van der Waals surface area contributed by atoms with Crippen LogP contribution in [0, 0.1) is 12.7 Å². The number of carbonyl (C=O) groups is 1. The molecule has 1 aliphatic rings. The van der Waals surface area contributed by atoms with Crippen LogP contribution in [0.3, 0.4) is 0 Å². The molecule has 1 aromatic carbocycles. The summed E-state index contributed by atoms with van der Waals surface area (Å²) in [6, 6.07) is 11.3. The average Bonchev–Trinajstić information content (AvgIpc) is 2.75. The van der Waals surface area contributed by atoms with E-state index in [2.05, 4.69) is 15.0 Å². The lowest BCUT2D eigenvalue weighted by atomic mass is 10.2. The van der Waals surface area contributed by atoms with Crippen molar-refractivity contribution in [2.45, 2.75) is 6.92 Å². The maximum absolute atomic E-state index is 14.2. The van der Waals surface area contributed by atoms with Gasteiger partial charge in [-0.25, -0.2) is 9.07 Å². The fourth-order valence-corrected chi connectivity index (χ4v) is 3.44. The van der Waals surface area contributed by atoms with E-state index in [9.17, 15) is 14.0 Å². The first-order chi connectivity index (χ1) is 14.0. The fraction of sp³-hybridized carbons (Fsp3) is 0.238. The maximum atomic E-state index is 14.2. The number of para-hydroxylation sites is 1. The Bertz CT molecular complexity index is 1090. The standard InChI is InChI=1S/C21H20FN5O2/c1-15-14-19(28)20(24-27(15)18-5-3-2-4-17(18)22)21(29)26-12-10-25(11-13-26)16-6-8-23-9-7-16/h2-9,14H,10-13H2,1H3. The highest BCUT2D eigenvalue weighted by Gasteiger charge is 2.26. The summed E-state index contributed by atoms with van der Waals surface area (Å²) in [6.45, 7) is 3.88. The summed E-state index contributed by atoms with van der Waals surface area (Å²) in [5.41, 5.74) is 1.04. The lowest BCUT2D eigenvalue weighted by Crippen LogP contribution is -2.50. The number of amides is 1. The summed E-state index contributed by atoms with van der Waals surface area (Å²) >= 11 is 0. The van der Waals surface area contributed by atoms with Crippen LogP contribution >= 0.6 is 0 Å². The summed E-state index contributed by atoms with van der Waals surface area (Å²) in [6.07, 6.45) is 3.46. The van der Waals surface area contributed by atoms with Crippen molar-refractivity contribution in [1.82, 2.24) is 19.7 Å². The van der Waals surface area contributed by atoms with Gasteiger partial charge in [-0.15, -0.1) is 0 Å². The van der Waals surface area contributed by atoms with E-state index in [0.717, 1.165) is 5.69 Å². The third-order valence-corrected chi connectivity index (χ3v) is 4.99. The summed E-state index contributed by atoms with van der Waals surface area (Å²) in [5, 5.41) is 4.21. The normalized spacial score (nSPS) is 14.1. The quantitative estimate of drug-likeness (QED) is 0.681. The number of aromatic nitrogens is 3. The smallest absolute Gasteiger partial charge is 0.278 e. The van der Waals surface area contributed by atoms with Crippen molar-refractivity contribution in [3.63, 3.8) is 0 Å². The van der Waals surface area contributed by atoms with Crippen molar-refractivity contribution < 1.29 is 9.18 Å². The molecule has 0 saturated carbocycles. The van der Waals surface area contributed by atoms with Crippen LogP contribution in [0.5, 0.6) is 0 Å². The van der Waals surface area contributed by atoms with Gasteiger partial charge in [0.2, 0.25) is 5.43 Å². The van der Waals surface area contributed by atoms with Crippen LogP contribution in [0.2, 0.25) is 0 Å². The van der Waals surface area contributed by atoms with Crippen LogP contribution in [0.15, 0.2) is 59.7 Å². The first kappa shape index (κ1) is 18.8. The Balaban J connectivity index is 1.57. The minimum atomic E-state index is -0.476. The van der Waals surface area contributed by atoms with E-state index < -0.39 is 17.2 Å². The molecule has 3 aromatic rings. The van der Waals surface area contributed by atoms with Crippen molar-refractivity contribution in [3.05, 3.63) is 82.3 Å². The molecule has 4 rings (SSSR count). The zero-order valence-corrected chi connectivity index (χ0v) is 16.0. The van der Waals surface area contributed by atoms with Crippen molar-refractivity contribution in [2.75, 3.05) is 31.1 Å². The van der Waals surface area contributed by atoms with Gasteiger partial charge >= 0.3 is 0 Å². The van der Waals surface area contributed by atoms with E-state index in [-0.39, 0.29) is 11.4 Å². The first-order valence-electron chi connectivity index (χ1n) is 9.35. The molecule has 0 bridgehead atoms. The Labute approximate surface area is 167 Å². The molecule has 7 nitrogen and oxygen atoms in total. The number of anilines is 1. The van der Waals surface area contributed by atoms with Crippen LogP contribution in [-0.4, -0.2) is 51.8 Å². The third kappa shape index (κ3) is 3.73. The number of hydrogen-bond acceptors (Lipinski definition) is 5. The number of benzene rings is 1. The SMILES string of the molecule is Cc1cc(=O)c(C(=O)N2CCN(c3ccncc3)CC2)nn1-c1ccccc1F. The van der Waals surface area contributed by atoms with E-state index in [0.29, 0.717) is 31.9 Å². The molecule has 3 heterocycles. The molecule has 1 amide bonds. The molecule has 0 unspecified atom stereocenters. The number of halogens is 1. The minimum Gasteiger partial charge on any atom is -0.368 e. The predicted octanol–water partition coefficient (Wildman–Crippen LogP) is 2.04. The van der Waals surface area contributed by atoms with Gasteiger partial charge in [-0.2, -0.15) is 5.10 Å². The molecule has 0 spiro atoms. The molecule has 1 saturated heterocycles. The van der Waals surface area contributed by atoms with Gasteiger partial charge in [-0.1, -0.05) is 12.1 Å². The Morgan fingerprint density at radius 1 is 1.03 bits per heavy atom. The highest BCUT2D eigenvalue weighted by Crippen LogP contribution is 2.16. The molecule has 0 aliphatic carbocycles. The Kier molecular flexibility index (Phi) is 5.07. The summed E-state index contributed by atoms with van der Waals surface area (Å²) in [7, 11) is 0. The van der Waals surface area contributed by atoms with Gasteiger partial charge in [0.15, 0.2) is 5.69 Å². The third-order valence-electron chi connectivity index (χ3n) is 4.99. The monoisotopic (exact) mass is 393 g/mol.